The molecule has 27 heavy (non-hydrogen) atoms. The number of ether oxygens (including phenoxy) is 1. The second-order valence-electron chi connectivity index (χ2n) is 5.73. The first-order valence-electron chi connectivity index (χ1n) is 8.31. The van der Waals surface area contributed by atoms with Gasteiger partial charge in [0.05, 0.1) is 23.5 Å². The molecule has 1 amide bonds. The summed E-state index contributed by atoms with van der Waals surface area (Å²) in [4.78, 5) is 19.4. The number of nitrogens with zero attached hydrogens (tertiary/aromatic N) is 2. The van der Waals surface area contributed by atoms with Crippen molar-refractivity contribution in [2.24, 2.45) is 5.10 Å². The lowest BCUT2D eigenvalue weighted by molar-refractivity contribution is 0.0927. The summed E-state index contributed by atoms with van der Waals surface area (Å²) in [6.07, 6.45) is 2.98. The average Bonchev–Trinajstić information content (AvgIpc) is 3.37. The van der Waals surface area contributed by atoms with Crippen LogP contribution in [0.4, 0.5) is 0 Å². The number of aromatic amines is 1. The van der Waals surface area contributed by atoms with E-state index in [-0.39, 0.29) is 5.76 Å². The molecule has 2 heterocycles. The molecule has 0 atom stereocenters. The fourth-order valence-corrected chi connectivity index (χ4v) is 2.50. The summed E-state index contributed by atoms with van der Waals surface area (Å²) in [6.45, 7) is 0.349. The van der Waals surface area contributed by atoms with Gasteiger partial charge in [0.15, 0.2) is 5.76 Å². The number of para-hydroxylation sites is 2. The highest BCUT2D eigenvalue weighted by Crippen LogP contribution is 2.15. The van der Waals surface area contributed by atoms with Crippen LogP contribution in [0.15, 0.2) is 76.4 Å². The van der Waals surface area contributed by atoms with Crippen LogP contribution in [0, 0.1) is 0 Å². The van der Waals surface area contributed by atoms with Crippen molar-refractivity contribution in [2.75, 3.05) is 0 Å². The summed E-state index contributed by atoms with van der Waals surface area (Å²) in [5, 5.41) is 3.90. The minimum Gasteiger partial charge on any atom is -0.486 e. The van der Waals surface area contributed by atoms with Crippen molar-refractivity contribution in [3.63, 3.8) is 0 Å². The molecule has 7 heteroatoms. The smallest absolute Gasteiger partial charge is 0.307 e. The third kappa shape index (κ3) is 4.04. The van der Waals surface area contributed by atoms with E-state index in [1.54, 1.807) is 18.3 Å². The molecule has 0 aliphatic carbocycles. The van der Waals surface area contributed by atoms with Crippen LogP contribution in [0.2, 0.25) is 0 Å². The topological polar surface area (TPSA) is 92.5 Å². The predicted molar refractivity (Wildman–Crippen MR) is 101 cm³/mol. The molecule has 0 unspecified atom stereocenters. The van der Waals surface area contributed by atoms with Gasteiger partial charge in [-0.25, -0.2) is 10.4 Å². The monoisotopic (exact) mass is 360 g/mol. The predicted octanol–water partition coefficient (Wildman–Crippen LogP) is 3.50. The van der Waals surface area contributed by atoms with Crippen LogP contribution in [-0.4, -0.2) is 22.1 Å². The highest BCUT2D eigenvalue weighted by atomic mass is 16.5. The third-order valence-corrected chi connectivity index (χ3v) is 3.82. The van der Waals surface area contributed by atoms with Crippen LogP contribution in [0.25, 0.3) is 11.0 Å². The molecule has 4 rings (SSSR count). The van der Waals surface area contributed by atoms with E-state index >= 15 is 0 Å². The van der Waals surface area contributed by atoms with Gasteiger partial charge in [-0.3, -0.25) is 4.79 Å². The van der Waals surface area contributed by atoms with Crippen molar-refractivity contribution < 1.29 is 13.9 Å². The number of amides is 1. The molecule has 0 saturated carbocycles. The number of nitrogens with one attached hydrogen (secondary N) is 2. The van der Waals surface area contributed by atoms with Crippen molar-refractivity contribution in [3.8, 4) is 5.75 Å². The molecule has 0 saturated heterocycles. The van der Waals surface area contributed by atoms with Crippen molar-refractivity contribution in [1.29, 1.82) is 0 Å². The van der Waals surface area contributed by atoms with Gasteiger partial charge in [-0.1, -0.05) is 12.1 Å². The number of hydrogen-bond donors (Lipinski definition) is 2. The molecule has 2 aromatic heterocycles. The number of benzene rings is 2. The number of H-pyrrole nitrogens is 1. The lowest BCUT2D eigenvalue weighted by atomic mass is 10.2. The average molecular weight is 360 g/mol. The lowest BCUT2D eigenvalue weighted by Gasteiger charge is -2.04. The first-order chi connectivity index (χ1) is 13.3. The van der Waals surface area contributed by atoms with E-state index in [2.05, 4.69) is 20.5 Å². The molecule has 4 aromatic rings. The van der Waals surface area contributed by atoms with Crippen molar-refractivity contribution in [1.82, 2.24) is 15.4 Å². The van der Waals surface area contributed by atoms with Gasteiger partial charge in [-0.05, 0) is 54.1 Å². The molecule has 0 aliphatic rings. The van der Waals surface area contributed by atoms with Crippen molar-refractivity contribution in [2.45, 2.75) is 6.61 Å². The first kappa shape index (κ1) is 16.6. The second-order valence-corrected chi connectivity index (χ2v) is 5.73. The second kappa shape index (κ2) is 7.57. The van der Waals surface area contributed by atoms with Gasteiger partial charge >= 0.3 is 5.91 Å². The number of hydrogen-bond acceptors (Lipinski definition) is 5. The van der Waals surface area contributed by atoms with Gasteiger partial charge in [0.2, 0.25) is 0 Å². The molecule has 2 N–H and O–H groups in total. The van der Waals surface area contributed by atoms with E-state index in [4.69, 9.17) is 9.15 Å². The highest BCUT2D eigenvalue weighted by molar-refractivity contribution is 5.92. The molecule has 0 fully saturated rings. The van der Waals surface area contributed by atoms with Crippen LogP contribution in [0.1, 0.15) is 21.9 Å². The summed E-state index contributed by atoms with van der Waals surface area (Å²) < 4.78 is 10.7. The minimum atomic E-state index is -0.401. The molecule has 7 nitrogen and oxygen atoms in total. The molecular weight excluding hydrogens is 344 g/mol. The Balaban J connectivity index is 1.31. The quantitative estimate of drug-likeness (QED) is 0.407. The minimum absolute atomic E-state index is 0.210. The molecule has 0 radical (unpaired) electrons. The Morgan fingerprint density at radius 1 is 1.15 bits per heavy atom. The standard InChI is InChI=1S/C20H16N4O3/c25-20(18-6-3-11-26-18)24-21-12-14-7-9-15(10-8-14)27-13-19-22-16-4-1-2-5-17(16)23-19/h1-12H,13H2,(H,22,23)(H,24,25)/b21-12-. The van der Waals surface area contributed by atoms with Gasteiger partial charge in [0.1, 0.15) is 18.2 Å². The van der Waals surface area contributed by atoms with Crippen LogP contribution < -0.4 is 10.2 Å². The molecule has 0 aliphatic heterocycles. The van der Waals surface area contributed by atoms with Crippen LogP contribution in [0.3, 0.4) is 0 Å². The van der Waals surface area contributed by atoms with E-state index in [0.717, 1.165) is 22.4 Å². The fourth-order valence-electron chi connectivity index (χ4n) is 2.50. The number of aromatic nitrogens is 2. The summed E-state index contributed by atoms with van der Waals surface area (Å²) in [6, 6.07) is 18.4. The zero-order valence-electron chi connectivity index (χ0n) is 14.3. The molecule has 134 valence electrons. The number of carbonyl (C=O) groups is 1. The van der Waals surface area contributed by atoms with Crippen LogP contribution >= 0.6 is 0 Å². The van der Waals surface area contributed by atoms with Crippen LogP contribution in [-0.2, 0) is 6.61 Å². The third-order valence-electron chi connectivity index (χ3n) is 3.82. The van der Waals surface area contributed by atoms with Crippen molar-refractivity contribution in [3.05, 3.63) is 84.1 Å². The number of fused-ring (bicyclic) bond motifs is 1. The summed E-state index contributed by atoms with van der Waals surface area (Å²) in [5.74, 6) is 1.29. The largest absolute Gasteiger partial charge is 0.486 e. The number of rotatable bonds is 6. The Morgan fingerprint density at radius 3 is 2.78 bits per heavy atom. The van der Waals surface area contributed by atoms with E-state index in [1.165, 1.54) is 6.26 Å². The summed E-state index contributed by atoms with van der Waals surface area (Å²) >= 11 is 0. The van der Waals surface area contributed by atoms with E-state index in [1.807, 2.05) is 48.5 Å². The Labute approximate surface area is 154 Å². The number of hydrazone groups is 1. The molecule has 0 bridgehead atoms. The maximum Gasteiger partial charge on any atom is 0.307 e. The lowest BCUT2D eigenvalue weighted by Crippen LogP contribution is -2.16. The van der Waals surface area contributed by atoms with E-state index in [0.29, 0.717) is 12.4 Å². The molecule has 2 aromatic carbocycles. The SMILES string of the molecule is O=C(N/N=C\c1ccc(OCc2nc3ccccc3[nH]2)cc1)c1ccco1. The van der Waals surface area contributed by atoms with Crippen molar-refractivity contribution >= 4 is 23.2 Å². The maximum absolute atomic E-state index is 11.7. The van der Waals surface area contributed by atoms with E-state index in [9.17, 15) is 4.79 Å². The van der Waals surface area contributed by atoms with Gasteiger partial charge in [-0.15, -0.1) is 0 Å². The van der Waals surface area contributed by atoms with Gasteiger partial charge in [0, 0.05) is 0 Å². The molecule has 0 spiro atoms. The summed E-state index contributed by atoms with van der Waals surface area (Å²) in [5.41, 5.74) is 5.13. The normalized spacial score (nSPS) is 11.1. The van der Waals surface area contributed by atoms with Gasteiger partial charge in [-0.2, -0.15) is 5.10 Å². The Kier molecular flexibility index (Phi) is 4.65. The van der Waals surface area contributed by atoms with Gasteiger partial charge < -0.3 is 14.1 Å². The van der Waals surface area contributed by atoms with Crippen LogP contribution in [0.5, 0.6) is 5.75 Å². The van der Waals surface area contributed by atoms with E-state index < -0.39 is 5.91 Å². The fraction of sp³-hybridized carbons (Fsp3) is 0.0500. The van der Waals surface area contributed by atoms with Gasteiger partial charge in [0.25, 0.3) is 0 Å². The highest BCUT2D eigenvalue weighted by Gasteiger charge is 2.06. The Morgan fingerprint density at radius 2 is 2.00 bits per heavy atom. The Bertz CT molecular complexity index is 1030. The zero-order chi connectivity index (χ0) is 18.5. The Hall–Kier alpha value is -3.87. The number of imidazole rings is 1. The maximum atomic E-state index is 11.7. The zero-order valence-corrected chi connectivity index (χ0v) is 14.3. The molecular formula is C20H16N4O3. The summed E-state index contributed by atoms with van der Waals surface area (Å²) in [7, 11) is 0. The first-order valence-corrected chi connectivity index (χ1v) is 8.31. The number of furan rings is 1. The number of carbonyl (C=O) groups excluding carboxylic acids is 1.